The highest BCUT2D eigenvalue weighted by atomic mass is 32.1. The summed E-state index contributed by atoms with van der Waals surface area (Å²) in [6.07, 6.45) is 1.09. The second-order valence-electron chi connectivity index (χ2n) is 4.64. The van der Waals surface area contributed by atoms with Crippen LogP contribution in [0.3, 0.4) is 0 Å². The van der Waals surface area contributed by atoms with Crippen molar-refractivity contribution in [3.8, 4) is 11.3 Å². The quantitative estimate of drug-likeness (QED) is 0.670. The molecule has 1 aromatic heterocycles. The van der Waals surface area contributed by atoms with Crippen LogP contribution in [0.2, 0.25) is 0 Å². The maximum Gasteiger partial charge on any atom is 0.152 e. The van der Waals surface area contributed by atoms with Gasteiger partial charge in [-0.3, -0.25) is 4.79 Å². The Bertz CT molecular complexity index is 767. The summed E-state index contributed by atoms with van der Waals surface area (Å²) in [4.78, 5) is 15.2. The Kier molecular flexibility index (Phi) is 3.88. The molecule has 0 aliphatic heterocycles. The average molecular weight is 297 g/mol. The molecule has 0 saturated heterocycles. The molecular weight excluding hydrogens is 285 g/mol. The van der Waals surface area contributed by atoms with Crippen molar-refractivity contribution in [2.45, 2.75) is 6.42 Å². The topological polar surface area (TPSA) is 30.0 Å². The second-order valence-corrected chi connectivity index (χ2v) is 5.59. The van der Waals surface area contributed by atoms with Crippen molar-refractivity contribution < 1.29 is 9.18 Å². The molecule has 0 aliphatic carbocycles. The van der Waals surface area contributed by atoms with E-state index in [0.29, 0.717) is 12.7 Å². The van der Waals surface area contributed by atoms with E-state index in [1.54, 1.807) is 17.4 Å². The molecule has 0 amide bonds. The Morgan fingerprint density at radius 3 is 2.67 bits per heavy atom. The van der Waals surface area contributed by atoms with Crippen LogP contribution in [0, 0.1) is 5.82 Å². The van der Waals surface area contributed by atoms with Crippen LogP contribution in [-0.2, 0) is 6.42 Å². The van der Waals surface area contributed by atoms with Gasteiger partial charge in [-0.05, 0) is 17.7 Å². The molecule has 4 heteroatoms. The van der Waals surface area contributed by atoms with Gasteiger partial charge in [0.25, 0.3) is 0 Å². The van der Waals surface area contributed by atoms with Gasteiger partial charge >= 0.3 is 0 Å². The number of hydrogen-bond donors (Lipinski definition) is 0. The molecule has 21 heavy (non-hydrogen) atoms. The van der Waals surface area contributed by atoms with Crippen LogP contribution in [0.15, 0.2) is 53.9 Å². The lowest BCUT2D eigenvalue weighted by Gasteiger charge is -2.00. The van der Waals surface area contributed by atoms with Crippen LogP contribution in [-0.4, -0.2) is 11.3 Å². The molecule has 0 bridgehead atoms. The summed E-state index contributed by atoms with van der Waals surface area (Å²) < 4.78 is 13.6. The van der Waals surface area contributed by atoms with Crippen molar-refractivity contribution in [1.29, 1.82) is 0 Å². The smallest absolute Gasteiger partial charge is 0.152 e. The van der Waals surface area contributed by atoms with Crippen LogP contribution in [0.4, 0.5) is 4.39 Å². The number of hydrogen-bond acceptors (Lipinski definition) is 3. The molecule has 3 aromatic rings. The molecule has 1 heterocycles. The zero-order valence-corrected chi connectivity index (χ0v) is 11.9. The number of nitrogens with zero attached hydrogens (tertiary/aromatic N) is 1. The summed E-state index contributed by atoms with van der Waals surface area (Å²) in [7, 11) is 0. The van der Waals surface area contributed by atoms with Crippen molar-refractivity contribution in [2.75, 3.05) is 0 Å². The zero-order chi connectivity index (χ0) is 14.7. The summed E-state index contributed by atoms with van der Waals surface area (Å²) in [5, 5.41) is 2.92. The van der Waals surface area contributed by atoms with Crippen molar-refractivity contribution in [2.24, 2.45) is 0 Å². The fourth-order valence-electron chi connectivity index (χ4n) is 2.08. The van der Waals surface area contributed by atoms with E-state index in [-0.39, 0.29) is 5.56 Å². The monoisotopic (exact) mass is 297 g/mol. The summed E-state index contributed by atoms with van der Waals surface area (Å²) in [6.45, 7) is 0. The van der Waals surface area contributed by atoms with Crippen LogP contribution < -0.4 is 0 Å². The third-order valence-electron chi connectivity index (χ3n) is 3.17. The molecule has 2 nitrogen and oxygen atoms in total. The van der Waals surface area contributed by atoms with Gasteiger partial charge in [-0.2, -0.15) is 0 Å². The van der Waals surface area contributed by atoms with E-state index in [0.717, 1.165) is 21.8 Å². The lowest BCUT2D eigenvalue weighted by atomic mass is 10.1. The predicted molar refractivity (Wildman–Crippen MR) is 82.1 cm³/mol. The van der Waals surface area contributed by atoms with Crippen molar-refractivity contribution in [3.63, 3.8) is 0 Å². The molecule has 0 radical (unpaired) electrons. The first-order valence-electron chi connectivity index (χ1n) is 6.49. The normalized spacial score (nSPS) is 10.5. The van der Waals surface area contributed by atoms with E-state index >= 15 is 0 Å². The summed E-state index contributed by atoms with van der Waals surface area (Å²) in [5.74, 6) is -0.484. The number of aromatic nitrogens is 1. The van der Waals surface area contributed by atoms with Gasteiger partial charge in [-0.15, -0.1) is 11.3 Å². The largest absolute Gasteiger partial charge is 0.298 e. The fraction of sp³-hybridized carbons (Fsp3) is 0.0588. The number of halogens is 1. The molecule has 104 valence electrons. The van der Waals surface area contributed by atoms with Crippen LogP contribution >= 0.6 is 11.3 Å². The maximum absolute atomic E-state index is 13.6. The third-order valence-corrected chi connectivity index (χ3v) is 4.02. The van der Waals surface area contributed by atoms with E-state index in [1.165, 1.54) is 12.1 Å². The average Bonchev–Trinajstić information content (AvgIpc) is 2.97. The van der Waals surface area contributed by atoms with Crippen molar-refractivity contribution >= 4 is 17.6 Å². The Morgan fingerprint density at radius 1 is 1.14 bits per heavy atom. The minimum Gasteiger partial charge on any atom is -0.298 e. The highest BCUT2D eigenvalue weighted by Gasteiger charge is 2.07. The van der Waals surface area contributed by atoms with E-state index in [2.05, 4.69) is 4.98 Å². The molecule has 0 unspecified atom stereocenters. The van der Waals surface area contributed by atoms with Gasteiger partial charge in [-0.1, -0.05) is 36.4 Å². The zero-order valence-electron chi connectivity index (χ0n) is 11.1. The molecule has 0 saturated carbocycles. The Hall–Kier alpha value is -2.33. The second kappa shape index (κ2) is 5.97. The lowest BCUT2D eigenvalue weighted by molar-refractivity contribution is 0.112. The maximum atomic E-state index is 13.6. The van der Waals surface area contributed by atoms with Crippen molar-refractivity contribution in [3.05, 3.63) is 75.9 Å². The Balaban J connectivity index is 1.81. The number of thiazole rings is 1. The SMILES string of the molecule is O=Cc1ccc(Cc2nc(-c3ccccc3)cs2)cc1F. The van der Waals surface area contributed by atoms with Crippen LogP contribution in [0.25, 0.3) is 11.3 Å². The highest BCUT2D eigenvalue weighted by molar-refractivity contribution is 7.10. The first-order chi connectivity index (χ1) is 10.3. The van der Waals surface area contributed by atoms with Gasteiger partial charge in [0.15, 0.2) is 6.29 Å². The molecule has 0 spiro atoms. The van der Waals surface area contributed by atoms with Crippen LogP contribution in [0.1, 0.15) is 20.9 Å². The fourth-order valence-corrected chi connectivity index (χ4v) is 2.92. The molecule has 2 aromatic carbocycles. The number of carbonyl (C=O) groups excluding carboxylic acids is 1. The lowest BCUT2D eigenvalue weighted by Crippen LogP contribution is -1.93. The summed E-state index contributed by atoms with van der Waals surface area (Å²) >= 11 is 1.55. The van der Waals surface area contributed by atoms with Gasteiger partial charge < -0.3 is 0 Å². The van der Waals surface area contributed by atoms with Gasteiger partial charge in [-0.25, -0.2) is 9.37 Å². The first-order valence-corrected chi connectivity index (χ1v) is 7.37. The number of carbonyl (C=O) groups is 1. The molecule has 3 rings (SSSR count). The minimum absolute atomic E-state index is 0.0860. The number of aldehydes is 1. The van der Waals surface area contributed by atoms with E-state index < -0.39 is 5.82 Å². The number of rotatable bonds is 4. The standard InChI is InChI=1S/C17H12FNOS/c18-15-8-12(6-7-14(15)10-20)9-17-19-16(11-21-17)13-4-2-1-3-5-13/h1-8,10-11H,9H2. The van der Waals surface area contributed by atoms with E-state index in [9.17, 15) is 9.18 Å². The highest BCUT2D eigenvalue weighted by Crippen LogP contribution is 2.23. The van der Waals surface area contributed by atoms with Gasteiger partial charge in [0, 0.05) is 17.4 Å². The predicted octanol–water partition coefficient (Wildman–Crippen LogP) is 4.35. The third kappa shape index (κ3) is 3.06. The van der Waals surface area contributed by atoms with Crippen molar-refractivity contribution in [1.82, 2.24) is 4.98 Å². The van der Waals surface area contributed by atoms with E-state index in [1.807, 2.05) is 35.7 Å². The van der Waals surface area contributed by atoms with Crippen LogP contribution in [0.5, 0.6) is 0 Å². The summed E-state index contributed by atoms with van der Waals surface area (Å²) in [6, 6.07) is 14.6. The Labute approximate surface area is 125 Å². The molecule has 0 fully saturated rings. The first kappa shape index (κ1) is 13.6. The molecule has 0 N–H and O–H groups in total. The van der Waals surface area contributed by atoms with Gasteiger partial charge in [0.05, 0.1) is 16.3 Å². The van der Waals surface area contributed by atoms with Gasteiger partial charge in [0.2, 0.25) is 0 Å². The van der Waals surface area contributed by atoms with E-state index in [4.69, 9.17) is 0 Å². The summed E-state index contributed by atoms with van der Waals surface area (Å²) in [5.41, 5.74) is 2.90. The Morgan fingerprint density at radius 2 is 1.95 bits per heavy atom. The molecule has 0 aliphatic rings. The minimum atomic E-state index is -0.484. The van der Waals surface area contributed by atoms with Gasteiger partial charge in [0.1, 0.15) is 5.82 Å². The number of benzene rings is 2. The molecular formula is C17H12FNOS. The molecule has 0 atom stereocenters.